The number of nitrogens with one attached hydrogen (secondary N) is 1. The Morgan fingerprint density at radius 2 is 1.77 bits per heavy atom. The van der Waals surface area contributed by atoms with Gasteiger partial charge in [0.1, 0.15) is 0 Å². The minimum atomic E-state index is -4.53. The smallest absolute Gasteiger partial charge is 0.378 e. The maximum atomic E-state index is 13.0. The molecule has 0 atom stereocenters. The van der Waals surface area contributed by atoms with E-state index in [1.54, 1.807) is 12.3 Å². The van der Waals surface area contributed by atoms with E-state index in [2.05, 4.69) is 10.4 Å². The van der Waals surface area contributed by atoms with Gasteiger partial charge in [-0.3, -0.25) is 9.48 Å². The van der Waals surface area contributed by atoms with Crippen molar-refractivity contribution >= 4 is 29.0 Å². The summed E-state index contributed by atoms with van der Waals surface area (Å²) in [5, 5.41) is 6.55. The van der Waals surface area contributed by atoms with Gasteiger partial charge in [-0.15, -0.1) is 0 Å². The van der Waals surface area contributed by atoms with Crippen LogP contribution in [0.2, 0.25) is 5.02 Å². The molecule has 30 heavy (non-hydrogen) atoms. The average molecular weight is 437 g/mol. The van der Waals surface area contributed by atoms with Gasteiger partial charge < -0.3 is 10.2 Å². The number of carbonyl (C=O) groups excluding carboxylic acids is 1. The van der Waals surface area contributed by atoms with Crippen LogP contribution in [0.15, 0.2) is 54.7 Å². The molecule has 0 spiro atoms. The summed E-state index contributed by atoms with van der Waals surface area (Å²) in [7, 11) is 3.87. The molecule has 1 aromatic heterocycles. The Hall–Kier alpha value is -3.00. The van der Waals surface area contributed by atoms with E-state index in [-0.39, 0.29) is 23.9 Å². The first-order valence-electron chi connectivity index (χ1n) is 9.07. The van der Waals surface area contributed by atoms with Gasteiger partial charge in [0.2, 0.25) is 5.91 Å². The van der Waals surface area contributed by atoms with Gasteiger partial charge in [0.05, 0.1) is 23.6 Å². The van der Waals surface area contributed by atoms with Crippen molar-refractivity contribution in [2.45, 2.75) is 19.1 Å². The van der Waals surface area contributed by atoms with Crippen LogP contribution >= 0.6 is 11.6 Å². The van der Waals surface area contributed by atoms with Crippen LogP contribution < -0.4 is 10.2 Å². The van der Waals surface area contributed by atoms with Gasteiger partial charge in [0.25, 0.3) is 0 Å². The second-order valence-corrected chi connectivity index (χ2v) is 7.40. The maximum absolute atomic E-state index is 13.0. The van der Waals surface area contributed by atoms with Crippen molar-refractivity contribution in [2.24, 2.45) is 0 Å². The molecule has 3 aromatic rings. The van der Waals surface area contributed by atoms with E-state index in [0.29, 0.717) is 11.4 Å². The first-order valence-corrected chi connectivity index (χ1v) is 9.45. The fourth-order valence-electron chi connectivity index (χ4n) is 2.88. The summed E-state index contributed by atoms with van der Waals surface area (Å²) < 4.78 is 40.4. The first-order chi connectivity index (χ1) is 14.1. The molecule has 0 fully saturated rings. The molecule has 158 valence electrons. The van der Waals surface area contributed by atoms with Gasteiger partial charge in [0, 0.05) is 32.0 Å². The van der Waals surface area contributed by atoms with Gasteiger partial charge in [-0.1, -0.05) is 29.8 Å². The van der Waals surface area contributed by atoms with Crippen molar-refractivity contribution in [1.82, 2.24) is 9.78 Å². The van der Waals surface area contributed by atoms with Crippen molar-refractivity contribution in [3.8, 4) is 0 Å². The van der Waals surface area contributed by atoms with Gasteiger partial charge in [-0.2, -0.15) is 18.3 Å². The van der Waals surface area contributed by atoms with Gasteiger partial charge in [-0.25, -0.2) is 0 Å². The third-order valence-electron chi connectivity index (χ3n) is 4.41. The van der Waals surface area contributed by atoms with Gasteiger partial charge >= 0.3 is 6.18 Å². The molecular formula is C21H20ClF3N4O. The lowest BCUT2D eigenvalue weighted by Crippen LogP contribution is -2.15. The molecule has 1 amide bonds. The van der Waals surface area contributed by atoms with Crippen molar-refractivity contribution < 1.29 is 18.0 Å². The summed E-state index contributed by atoms with van der Waals surface area (Å²) in [5.74, 6) is 0.0959. The Labute approximate surface area is 177 Å². The lowest BCUT2D eigenvalue weighted by Gasteiger charge is -2.12. The molecule has 0 aliphatic rings. The van der Waals surface area contributed by atoms with E-state index in [1.165, 1.54) is 16.8 Å². The summed E-state index contributed by atoms with van der Waals surface area (Å²) in [6.07, 6.45) is -2.75. The number of hydrogen-bond acceptors (Lipinski definition) is 3. The Morgan fingerprint density at radius 1 is 1.10 bits per heavy atom. The van der Waals surface area contributed by atoms with Crippen LogP contribution in [0.5, 0.6) is 0 Å². The third-order valence-corrected chi connectivity index (χ3v) is 4.74. The number of halogens is 4. The lowest BCUT2D eigenvalue weighted by molar-refractivity contribution is -0.137. The van der Waals surface area contributed by atoms with E-state index in [0.717, 1.165) is 17.3 Å². The van der Waals surface area contributed by atoms with Crippen LogP contribution in [0.1, 0.15) is 16.7 Å². The molecule has 0 saturated heterocycles. The standard InChI is InChI=1S/C21H20ClF3N4O/c1-28(2)16-6-3-14(4-7-16)12-20(30)26-19-9-10-29(27-19)13-15-5-8-18(22)17(11-15)21(23,24)25/h3-11H,12-13H2,1-2H3,(H,26,27,30). The Morgan fingerprint density at radius 3 is 2.40 bits per heavy atom. The quantitative estimate of drug-likeness (QED) is 0.601. The highest BCUT2D eigenvalue weighted by molar-refractivity contribution is 6.31. The Balaban J connectivity index is 1.62. The van der Waals surface area contributed by atoms with Gasteiger partial charge in [0.15, 0.2) is 5.82 Å². The largest absolute Gasteiger partial charge is 0.417 e. The number of amides is 1. The van der Waals surface area contributed by atoms with E-state index < -0.39 is 11.7 Å². The van der Waals surface area contributed by atoms with E-state index in [9.17, 15) is 18.0 Å². The zero-order chi connectivity index (χ0) is 21.9. The SMILES string of the molecule is CN(C)c1ccc(CC(=O)Nc2ccn(Cc3ccc(Cl)c(C(F)(F)F)c3)n2)cc1. The van der Waals surface area contributed by atoms with Gasteiger partial charge in [-0.05, 0) is 35.4 Å². The highest BCUT2D eigenvalue weighted by atomic mass is 35.5. The van der Waals surface area contributed by atoms with Crippen molar-refractivity contribution in [2.75, 3.05) is 24.3 Å². The van der Waals surface area contributed by atoms with E-state index >= 15 is 0 Å². The second-order valence-electron chi connectivity index (χ2n) is 7.00. The summed E-state index contributed by atoms with van der Waals surface area (Å²) >= 11 is 5.64. The number of carbonyl (C=O) groups is 1. The zero-order valence-electron chi connectivity index (χ0n) is 16.4. The molecule has 0 radical (unpaired) electrons. The number of nitrogens with zero attached hydrogens (tertiary/aromatic N) is 3. The molecule has 9 heteroatoms. The highest BCUT2D eigenvalue weighted by Gasteiger charge is 2.33. The fraction of sp³-hybridized carbons (Fsp3) is 0.238. The molecule has 1 heterocycles. The molecule has 0 saturated carbocycles. The van der Waals surface area contributed by atoms with Crippen LogP contribution in [0.25, 0.3) is 0 Å². The molecule has 0 aliphatic carbocycles. The topological polar surface area (TPSA) is 50.2 Å². The third kappa shape index (κ3) is 5.54. The molecular weight excluding hydrogens is 417 g/mol. The molecule has 5 nitrogen and oxygen atoms in total. The molecule has 1 N–H and O–H groups in total. The number of hydrogen-bond donors (Lipinski definition) is 1. The zero-order valence-corrected chi connectivity index (χ0v) is 17.1. The first kappa shape index (κ1) is 21.7. The monoisotopic (exact) mass is 436 g/mol. The minimum absolute atomic E-state index is 0.113. The van der Waals surface area contributed by atoms with Crippen molar-refractivity contribution in [1.29, 1.82) is 0 Å². The summed E-state index contributed by atoms with van der Waals surface area (Å²) in [5.41, 5.74) is 1.41. The Kier molecular flexibility index (Phi) is 6.36. The van der Waals surface area contributed by atoms with Crippen molar-refractivity contribution in [3.63, 3.8) is 0 Å². The van der Waals surface area contributed by atoms with Crippen LogP contribution in [-0.2, 0) is 23.9 Å². The lowest BCUT2D eigenvalue weighted by atomic mass is 10.1. The molecule has 0 bridgehead atoms. The molecule has 0 aliphatic heterocycles. The summed E-state index contributed by atoms with van der Waals surface area (Å²) in [4.78, 5) is 14.2. The maximum Gasteiger partial charge on any atom is 0.417 e. The number of alkyl halides is 3. The highest BCUT2D eigenvalue weighted by Crippen LogP contribution is 2.35. The average Bonchev–Trinajstić information content (AvgIpc) is 3.09. The predicted molar refractivity (Wildman–Crippen MR) is 111 cm³/mol. The Bertz CT molecular complexity index is 1030. The number of anilines is 2. The fourth-order valence-corrected chi connectivity index (χ4v) is 3.10. The number of benzene rings is 2. The van der Waals surface area contributed by atoms with Crippen LogP contribution in [0.4, 0.5) is 24.7 Å². The van der Waals surface area contributed by atoms with Crippen LogP contribution in [-0.4, -0.2) is 29.8 Å². The van der Waals surface area contributed by atoms with E-state index in [1.807, 2.05) is 43.3 Å². The second kappa shape index (κ2) is 8.79. The van der Waals surface area contributed by atoms with E-state index in [4.69, 9.17) is 11.6 Å². The number of rotatable bonds is 6. The number of aromatic nitrogens is 2. The molecule has 0 unspecified atom stereocenters. The summed E-state index contributed by atoms with van der Waals surface area (Å²) in [6.45, 7) is 0.113. The molecule has 2 aromatic carbocycles. The molecule has 3 rings (SSSR count). The van der Waals surface area contributed by atoms with Crippen LogP contribution in [0.3, 0.4) is 0 Å². The predicted octanol–water partition coefficient (Wildman–Crippen LogP) is 4.85. The summed E-state index contributed by atoms with van der Waals surface area (Å²) in [6, 6.07) is 12.9. The minimum Gasteiger partial charge on any atom is -0.378 e. The van der Waals surface area contributed by atoms with Crippen molar-refractivity contribution in [3.05, 3.63) is 76.4 Å². The normalized spacial score (nSPS) is 11.4. The van der Waals surface area contributed by atoms with Crippen LogP contribution in [0, 0.1) is 0 Å².